The number of benzene rings is 1. The van der Waals surface area contributed by atoms with Gasteiger partial charge >= 0.3 is 0 Å². The molecular formula is C13H17Cl2N. The largest absolute Gasteiger partial charge is 0.312 e. The first-order chi connectivity index (χ1) is 7.67. The van der Waals surface area contributed by atoms with Crippen molar-refractivity contribution in [3.63, 3.8) is 0 Å². The molecule has 2 rings (SSSR count). The minimum atomic E-state index is 0.574. The topological polar surface area (TPSA) is 12.0 Å². The highest BCUT2D eigenvalue weighted by atomic mass is 35.5. The van der Waals surface area contributed by atoms with Crippen molar-refractivity contribution in [2.24, 2.45) is 5.41 Å². The van der Waals surface area contributed by atoms with Crippen LogP contribution < -0.4 is 5.32 Å². The lowest BCUT2D eigenvalue weighted by Gasteiger charge is -2.14. The number of hydrogen-bond acceptors (Lipinski definition) is 1. The Morgan fingerprint density at radius 1 is 1.31 bits per heavy atom. The first kappa shape index (κ1) is 12.2. The van der Waals surface area contributed by atoms with Crippen LogP contribution in [0.3, 0.4) is 0 Å². The molecule has 0 radical (unpaired) electrons. The monoisotopic (exact) mass is 257 g/mol. The van der Waals surface area contributed by atoms with Gasteiger partial charge in [-0.25, -0.2) is 0 Å². The standard InChI is InChI=1S/C13H17Cl2N/c1-2-13(6-7-13)9-16-8-10-4-3-5-11(14)12(10)15/h3-5,16H,2,6-9H2,1H3. The summed E-state index contributed by atoms with van der Waals surface area (Å²) in [5, 5.41) is 4.80. The first-order valence-corrected chi connectivity index (χ1v) is 6.56. The Bertz CT molecular complexity index is 372. The third-order valence-corrected chi connectivity index (χ3v) is 4.41. The van der Waals surface area contributed by atoms with Crippen LogP contribution in [0, 0.1) is 5.41 Å². The van der Waals surface area contributed by atoms with Crippen LogP contribution in [0.4, 0.5) is 0 Å². The predicted octanol–water partition coefficient (Wildman–Crippen LogP) is 4.27. The van der Waals surface area contributed by atoms with E-state index in [0.29, 0.717) is 15.5 Å². The fourth-order valence-electron chi connectivity index (χ4n) is 1.98. The van der Waals surface area contributed by atoms with Crippen molar-refractivity contribution in [2.75, 3.05) is 6.54 Å². The van der Waals surface area contributed by atoms with Crippen LogP contribution in [-0.2, 0) is 6.54 Å². The minimum Gasteiger partial charge on any atom is -0.312 e. The molecule has 0 aliphatic heterocycles. The zero-order valence-electron chi connectivity index (χ0n) is 9.52. The molecule has 0 atom stereocenters. The van der Waals surface area contributed by atoms with E-state index in [2.05, 4.69) is 12.2 Å². The molecule has 0 bridgehead atoms. The Balaban J connectivity index is 1.88. The van der Waals surface area contributed by atoms with E-state index in [1.807, 2.05) is 18.2 Å². The number of hydrogen-bond donors (Lipinski definition) is 1. The number of nitrogens with one attached hydrogen (secondary N) is 1. The van der Waals surface area contributed by atoms with Gasteiger partial charge in [0.25, 0.3) is 0 Å². The van der Waals surface area contributed by atoms with Gasteiger partial charge in [0.2, 0.25) is 0 Å². The van der Waals surface area contributed by atoms with Crippen LogP contribution in [0.15, 0.2) is 18.2 Å². The first-order valence-electron chi connectivity index (χ1n) is 5.80. The van der Waals surface area contributed by atoms with Crippen molar-refractivity contribution in [1.29, 1.82) is 0 Å². The second kappa shape index (κ2) is 4.95. The lowest BCUT2D eigenvalue weighted by Crippen LogP contribution is -2.23. The number of halogens is 2. The van der Waals surface area contributed by atoms with E-state index in [1.54, 1.807) is 0 Å². The quantitative estimate of drug-likeness (QED) is 0.831. The molecule has 0 aromatic heterocycles. The molecule has 3 heteroatoms. The zero-order valence-corrected chi connectivity index (χ0v) is 11.0. The Labute approximate surface area is 107 Å². The second-order valence-electron chi connectivity index (χ2n) is 4.67. The SMILES string of the molecule is CCC1(CNCc2cccc(Cl)c2Cl)CC1. The molecule has 1 aliphatic carbocycles. The molecular weight excluding hydrogens is 241 g/mol. The summed E-state index contributed by atoms with van der Waals surface area (Å²) in [6.45, 7) is 4.16. The van der Waals surface area contributed by atoms with Crippen molar-refractivity contribution < 1.29 is 0 Å². The molecule has 1 saturated carbocycles. The summed E-state index contributed by atoms with van der Waals surface area (Å²) in [6, 6.07) is 5.78. The van der Waals surface area contributed by atoms with Gasteiger partial charge in [-0.05, 0) is 36.3 Å². The molecule has 1 N–H and O–H groups in total. The van der Waals surface area contributed by atoms with E-state index in [-0.39, 0.29) is 0 Å². The second-order valence-corrected chi connectivity index (χ2v) is 5.46. The van der Waals surface area contributed by atoms with Crippen molar-refractivity contribution in [1.82, 2.24) is 5.32 Å². The van der Waals surface area contributed by atoms with E-state index in [1.165, 1.54) is 19.3 Å². The lowest BCUT2D eigenvalue weighted by atomic mass is 10.0. The van der Waals surface area contributed by atoms with Gasteiger partial charge in [0, 0.05) is 13.1 Å². The van der Waals surface area contributed by atoms with Crippen molar-refractivity contribution in [3.05, 3.63) is 33.8 Å². The van der Waals surface area contributed by atoms with E-state index in [0.717, 1.165) is 18.7 Å². The van der Waals surface area contributed by atoms with Crippen LogP contribution in [0.25, 0.3) is 0 Å². The molecule has 1 aromatic carbocycles. The predicted molar refractivity (Wildman–Crippen MR) is 70.1 cm³/mol. The van der Waals surface area contributed by atoms with Crippen LogP contribution in [0.1, 0.15) is 31.7 Å². The van der Waals surface area contributed by atoms with Gasteiger partial charge in [-0.3, -0.25) is 0 Å². The summed E-state index contributed by atoms with van der Waals surface area (Å²) in [5.74, 6) is 0. The molecule has 0 saturated heterocycles. The van der Waals surface area contributed by atoms with E-state index in [4.69, 9.17) is 23.2 Å². The maximum Gasteiger partial charge on any atom is 0.0637 e. The van der Waals surface area contributed by atoms with Gasteiger partial charge < -0.3 is 5.32 Å². The van der Waals surface area contributed by atoms with E-state index >= 15 is 0 Å². The fourth-order valence-corrected chi connectivity index (χ4v) is 2.37. The summed E-state index contributed by atoms with van der Waals surface area (Å²) in [7, 11) is 0. The van der Waals surface area contributed by atoms with Gasteiger partial charge in [0.15, 0.2) is 0 Å². The fraction of sp³-hybridized carbons (Fsp3) is 0.538. The summed E-state index contributed by atoms with van der Waals surface area (Å²) >= 11 is 12.1. The lowest BCUT2D eigenvalue weighted by molar-refractivity contribution is 0.443. The third kappa shape index (κ3) is 2.71. The van der Waals surface area contributed by atoms with Crippen molar-refractivity contribution >= 4 is 23.2 Å². The van der Waals surface area contributed by atoms with Gasteiger partial charge in [0.1, 0.15) is 0 Å². The third-order valence-electron chi connectivity index (χ3n) is 3.55. The molecule has 1 nitrogen and oxygen atoms in total. The molecule has 0 unspecified atom stereocenters. The zero-order chi connectivity index (χ0) is 11.6. The maximum atomic E-state index is 6.12. The Kier molecular flexibility index (Phi) is 3.78. The Hall–Kier alpha value is -0.240. The molecule has 0 amide bonds. The van der Waals surface area contributed by atoms with E-state index in [9.17, 15) is 0 Å². The molecule has 88 valence electrons. The van der Waals surface area contributed by atoms with Crippen LogP contribution in [-0.4, -0.2) is 6.54 Å². The molecule has 1 aliphatic rings. The molecule has 0 heterocycles. The maximum absolute atomic E-state index is 6.12. The molecule has 0 spiro atoms. The van der Waals surface area contributed by atoms with E-state index < -0.39 is 0 Å². The summed E-state index contributed by atoms with van der Waals surface area (Å²) in [6.07, 6.45) is 3.99. The Morgan fingerprint density at radius 2 is 2.06 bits per heavy atom. The van der Waals surface area contributed by atoms with Gasteiger partial charge in [-0.2, -0.15) is 0 Å². The average molecular weight is 258 g/mol. The summed E-state index contributed by atoms with van der Waals surface area (Å²) < 4.78 is 0. The minimum absolute atomic E-state index is 0.574. The highest BCUT2D eigenvalue weighted by Gasteiger charge is 2.39. The van der Waals surface area contributed by atoms with Crippen LogP contribution in [0.2, 0.25) is 10.0 Å². The average Bonchev–Trinajstić information content (AvgIpc) is 3.05. The number of rotatable bonds is 5. The van der Waals surface area contributed by atoms with Crippen LogP contribution in [0.5, 0.6) is 0 Å². The summed E-state index contributed by atoms with van der Waals surface area (Å²) in [4.78, 5) is 0. The van der Waals surface area contributed by atoms with Gasteiger partial charge in [-0.1, -0.05) is 42.3 Å². The molecule has 1 fully saturated rings. The van der Waals surface area contributed by atoms with Crippen LogP contribution >= 0.6 is 23.2 Å². The normalized spacial score (nSPS) is 17.4. The highest BCUT2D eigenvalue weighted by Crippen LogP contribution is 2.47. The molecule has 16 heavy (non-hydrogen) atoms. The van der Waals surface area contributed by atoms with Crippen molar-refractivity contribution in [3.8, 4) is 0 Å². The highest BCUT2D eigenvalue weighted by molar-refractivity contribution is 6.42. The smallest absolute Gasteiger partial charge is 0.0637 e. The van der Waals surface area contributed by atoms with Gasteiger partial charge in [-0.15, -0.1) is 0 Å². The van der Waals surface area contributed by atoms with Gasteiger partial charge in [0.05, 0.1) is 10.0 Å². The summed E-state index contributed by atoms with van der Waals surface area (Å²) in [5.41, 5.74) is 1.66. The molecule has 1 aromatic rings. The Morgan fingerprint density at radius 3 is 2.69 bits per heavy atom. The van der Waals surface area contributed by atoms with Crippen molar-refractivity contribution in [2.45, 2.75) is 32.7 Å².